The monoisotopic (exact) mass is 796 g/mol. The van der Waals surface area contributed by atoms with Crippen molar-refractivity contribution in [3.63, 3.8) is 0 Å². The SMILES string of the molecule is CC(C)Oc1cc2nn([C@H]3CC[C@H](CN4CC5(CCN(c6ncc(C7CCC(=O)NC7=O)cc6F)CC5)C4)CC3)cc2cc1C(=O)Nc1cccn([C@H]2C[C@H]2F)c1=O. The fourth-order valence-corrected chi connectivity index (χ4v) is 9.66. The highest BCUT2D eigenvalue weighted by molar-refractivity contribution is 6.08. The van der Waals surface area contributed by atoms with Gasteiger partial charge in [-0.25, -0.2) is 13.8 Å². The van der Waals surface area contributed by atoms with Crippen LogP contribution in [0.3, 0.4) is 0 Å². The molecular formula is C43H50F2N8O5. The van der Waals surface area contributed by atoms with Gasteiger partial charge in [0.05, 0.1) is 35.2 Å². The lowest BCUT2D eigenvalue weighted by molar-refractivity contribution is -0.134. The number of carbonyl (C=O) groups is 3. The lowest BCUT2D eigenvalue weighted by Crippen LogP contribution is -2.61. The van der Waals surface area contributed by atoms with E-state index in [0.29, 0.717) is 41.5 Å². The first kappa shape index (κ1) is 38.3. The summed E-state index contributed by atoms with van der Waals surface area (Å²) in [7, 11) is 0. The van der Waals surface area contributed by atoms with E-state index in [0.717, 1.165) is 82.2 Å². The molecule has 15 heteroatoms. The van der Waals surface area contributed by atoms with E-state index in [4.69, 9.17) is 9.84 Å². The Hall–Kier alpha value is -5.18. The Kier molecular flexibility index (Phi) is 10.1. The van der Waals surface area contributed by atoms with Gasteiger partial charge in [-0.15, -0.1) is 0 Å². The molecule has 3 aromatic heterocycles. The maximum absolute atomic E-state index is 15.3. The summed E-state index contributed by atoms with van der Waals surface area (Å²) >= 11 is 0. The topological polar surface area (TPSA) is 144 Å². The number of halogens is 2. The summed E-state index contributed by atoms with van der Waals surface area (Å²) in [5.41, 5.74) is 1.47. The summed E-state index contributed by atoms with van der Waals surface area (Å²) in [5.74, 6) is -0.802. The van der Waals surface area contributed by atoms with E-state index in [9.17, 15) is 23.6 Å². The number of piperidine rings is 2. The van der Waals surface area contributed by atoms with Crippen molar-refractivity contribution in [2.45, 2.75) is 102 Å². The first-order valence-electron chi connectivity index (χ1n) is 20.7. The standard InChI is InChI=1S/C43H50F2N8O5/c1-25(2)58-37-19-35-28(16-31(37)41(56)47-34-4-3-13-52(42(34)57)36-18-32(36)44)22-53(49-35)29-7-5-26(6-8-29)21-50-23-43(24-50)11-14-51(15-12-43)39-33(45)17-27(20-46-39)30-9-10-38(54)48-40(30)55/h3-4,13,16-17,19-20,22,25-26,29-30,32,36H,5-12,14-15,18,21,23-24H2,1-2H3,(H,47,56)(H,48,54,55)/t26-,29-,30?,32-,36+/m1/s1. The van der Waals surface area contributed by atoms with Crippen LogP contribution in [0.25, 0.3) is 10.9 Å². The first-order valence-corrected chi connectivity index (χ1v) is 20.7. The van der Waals surface area contributed by atoms with Gasteiger partial charge in [-0.2, -0.15) is 5.10 Å². The number of hydrogen-bond donors (Lipinski definition) is 2. The van der Waals surface area contributed by atoms with E-state index in [1.54, 1.807) is 30.6 Å². The third kappa shape index (κ3) is 7.60. The number of imide groups is 1. The molecule has 3 amide bonds. The molecule has 3 saturated heterocycles. The Bertz CT molecular complexity index is 2300. The molecule has 0 radical (unpaired) electrons. The largest absolute Gasteiger partial charge is 0.490 e. The predicted molar refractivity (Wildman–Crippen MR) is 213 cm³/mol. The molecular weight excluding hydrogens is 747 g/mol. The quantitative estimate of drug-likeness (QED) is 0.187. The second-order valence-corrected chi connectivity index (χ2v) is 17.5. The van der Waals surface area contributed by atoms with Gasteiger partial charge in [-0.05, 0) is 100.0 Å². The predicted octanol–water partition coefficient (Wildman–Crippen LogP) is 5.91. The Morgan fingerprint density at radius 1 is 1.07 bits per heavy atom. The Balaban J connectivity index is 0.775. The van der Waals surface area contributed by atoms with Crippen molar-refractivity contribution in [3.8, 4) is 5.75 Å². The molecule has 2 aliphatic carbocycles. The van der Waals surface area contributed by atoms with Crippen LogP contribution in [-0.4, -0.2) is 87.0 Å². The summed E-state index contributed by atoms with van der Waals surface area (Å²) in [6.45, 7) is 8.46. The number of nitrogens with one attached hydrogen (secondary N) is 2. The molecule has 6 heterocycles. The number of pyridine rings is 2. The zero-order valence-corrected chi connectivity index (χ0v) is 33.0. The third-order valence-electron chi connectivity index (χ3n) is 12.9. The second-order valence-electron chi connectivity index (χ2n) is 17.5. The number of amides is 3. The van der Waals surface area contributed by atoms with Gasteiger partial charge >= 0.3 is 0 Å². The van der Waals surface area contributed by atoms with Crippen LogP contribution in [0.5, 0.6) is 5.75 Å². The number of anilines is 2. The smallest absolute Gasteiger partial charge is 0.274 e. The molecule has 5 aliphatic rings. The molecule has 1 spiro atoms. The van der Waals surface area contributed by atoms with Gasteiger partial charge < -0.3 is 24.4 Å². The summed E-state index contributed by atoms with van der Waals surface area (Å²) < 4.78 is 38.4. The van der Waals surface area contributed by atoms with Crippen molar-refractivity contribution in [3.05, 3.63) is 76.2 Å². The van der Waals surface area contributed by atoms with Crippen molar-refractivity contribution >= 4 is 40.1 Å². The molecule has 1 aromatic carbocycles. The van der Waals surface area contributed by atoms with Crippen LogP contribution in [0.1, 0.15) is 106 Å². The lowest BCUT2D eigenvalue weighted by Gasteiger charge is -2.55. The number of nitrogens with zero attached hydrogens (tertiary/aromatic N) is 6. The third-order valence-corrected chi connectivity index (χ3v) is 12.9. The molecule has 2 N–H and O–H groups in total. The van der Waals surface area contributed by atoms with Crippen molar-refractivity contribution in [2.24, 2.45) is 11.3 Å². The van der Waals surface area contributed by atoms with Gasteiger partial charge in [0.15, 0.2) is 11.6 Å². The fraction of sp³-hybridized carbons (Fsp3) is 0.535. The van der Waals surface area contributed by atoms with Crippen LogP contribution in [-0.2, 0) is 9.59 Å². The molecule has 5 fully saturated rings. The van der Waals surface area contributed by atoms with Gasteiger partial charge in [0.1, 0.15) is 17.6 Å². The zero-order chi connectivity index (χ0) is 40.3. The summed E-state index contributed by atoms with van der Waals surface area (Å²) in [5, 5.41) is 10.8. The molecule has 1 unspecified atom stereocenters. The number of ether oxygens (including phenoxy) is 1. The highest BCUT2D eigenvalue weighted by Crippen LogP contribution is 2.44. The molecule has 2 saturated carbocycles. The molecule has 3 aliphatic heterocycles. The number of alkyl halides is 1. The number of fused-ring (bicyclic) bond motifs is 1. The Labute approximate surface area is 335 Å². The molecule has 58 heavy (non-hydrogen) atoms. The van der Waals surface area contributed by atoms with Crippen LogP contribution in [0, 0.1) is 17.2 Å². The van der Waals surface area contributed by atoms with Gasteiger partial charge in [0.25, 0.3) is 11.5 Å². The Morgan fingerprint density at radius 2 is 1.83 bits per heavy atom. The van der Waals surface area contributed by atoms with Crippen LogP contribution >= 0.6 is 0 Å². The molecule has 306 valence electrons. The summed E-state index contributed by atoms with van der Waals surface area (Å²) in [6, 6.07) is 7.91. The molecule has 3 atom stereocenters. The summed E-state index contributed by atoms with van der Waals surface area (Å²) in [4.78, 5) is 59.5. The van der Waals surface area contributed by atoms with Crippen molar-refractivity contribution in [2.75, 3.05) is 42.9 Å². The van der Waals surface area contributed by atoms with Crippen molar-refractivity contribution in [1.29, 1.82) is 0 Å². The average molecular weight is 797 g/mol. The number of carbonyl (C=O) groups excluding carboxylic acids is 3. The number of rotatable bonds is 10. The summed E-state index contributed by atoms with van der Waals surface area (Å²) in [6.07, 6.45) is 11.0. The van der Waals surface area contributed by atoms with Crippen molar-refractivity contribution < 1.29 is 27.9 Å². The maximum atomic E-state index is 15.3. The average Bonchev–Trinajstić information content (AvgIpc) is 3.76. The number of benzene rings is 1. The van der Waals surface area contributed by atoms with E-state index in [1.807, 2.05) is 29.6 Å². The highest BCUT2D eigenvalue weighted by Gasteiger charge is 2.46. The van der Waals surface area contributed by atoms with Gasteiger partial charge in [0.2, 0.25) is 11.8 Å². The van der Waals surface area contributed by atoms with E-state index in [2.05, 4.69) is 20.5 Å². The zero-order valence-electron chi connectivity index (χ0n) is 33.0. The van der Waals surface area contributed by atoms with Crippen LogP contribution in [0.4, 0.5) is 20.3 Å². The van der Waals surface area contributed by atoms with Crippen molar-refractivity contribution in [1.82, 2.24) is 29.5 Å². The van der Waals surface area contributed by atoms with E-state index in [-0.39, 0.29) is 35.6 Å². The van der Waals surface area contributed by atoms with Crippen LogP contribution < -0.4 is 25.8 Å². The highest BCUT2D eigenvalue weighted by atomic mass is 19.1. The molecule has 0 bridgehead atoms. The second kappa shape index (κ2) is 15.2. The minimum atomic E-state index is -1.05. The number of hydrogen-bond acceptors (Lipinski definition) is 9. The minimum Gasteiger partial charge on any atom is -0.490 e. The van der Waals surface area contributed by atoms with Gasteiger partial charge in [-0.3, -0.25) is 29.2 Å². The Morgan fingerprint density at radius 3 is 2.52 bits per heavy atom. The molecule has 9 rings (SSSR count). The first-order chi connectivity index (χ1) is 27.9. The van der Waals surface area contributed by atoms with Crippen LogP contribution in [0.2, 0.25) is 0 Å². The van der Waals surface area contributed by atoms with E-state index < -0.39 is 41.3 Å². The number of likely N-dealkylation sites (tertiary alicyclic amines) is 1. The van der Waals surface area contributed by atoms with Gasteiger partial charge in [0, 0.05) is 75.6 Å². The van der Waals surface area contributed by atoms with E-state index in [1.165, 1.54) is 16.7 Å². The minimum absolute atomic E-state index is 0.0929. The van der Waals surface area contributed by atoms with E-state index >= 15 is 4.39 Å². The molecule has 4 aromatic rings. The number of aromatic nitrogens is 4. The van der Waals surface area contributed by atoms with Gasteiger partial charge in [-0.1, -0.05) is 0 Å². The van der Waals surface area contributed by atoms with Crippen LogP contribution in [0.15, 0.2) is 53.7 Å². The molecule has 13 nitrogen and oxygen atoms in total. The normalized spacial score (nSPS) is 25.8. The maximum Gasteiger partial charge on any atom is 0.274 e. The lowest BCUT2D eigenvalue weighted by atomic mass is 9.71. The fourth-order valence-electron chi connectivity index (χ4n) is 9.66.